The van der Waals surface area contributed by atoms with Gasteiger partial charge in [-0.1, -0.05) is 84.4 Å². The third-order valence-corrected chi connectivity index (χ3v) is 9.82. The van der Waals surface area contributed by atoms with Crippen molar-refractivity contribution in [3.63, 3.8) is 0 Å². The minimum absolute atomic E-state index is 0.0467. The fraction of sp³-hybridized carbons (Fsp3) is 0.115. The number of nitrogens with zero attached hydrogens (tertiary/aromatic N) is 1. The van der Waals surface area contributed by atoms with Gasteiger partial charge < -0.3 is 4.57 Å². The Hall–Kier alpha value is -3.05. The summed E-state index contributed by atoms with van der Waals surface area (Å²) >= 11 is 0. The van der Waals surface area contributed by atoms with E-state index in [1.165, 1.54) is 0 Å². The molecule has 0 saturated carbocycles. The maximum absolute atomic E-state index is 14.3. The predicted molar refractivity (Wildman–Crippen MR) is 133 cm³/mol. The van der Waals surface area contributed by atoms with Crippen LogP contribution >= 0.6 is 7.14 Å². The molecule has 3 aromatic carbocycles. The molecule has 0 radical (unpaired) electrons. The Morgan fingerprint density at radius 2 is 1.27 bits per heavy atom. The molecule has 0 fully saturated rings. The number of sulfonamides is 1. The van der Waals surface area contributed by atoms with E-state index < -0.39 is 17.2 Å². The molecule has 0 atom stereocenters. The Morgan fingerprint density at radius 1 is 0.727 bits per heavy atom. The van der Waals surface area contributed by atoms with Crippen molar-refractivity contribution in [3.8, 4) is 0 Å². The molecule has 5 nitrogen and oxygen atoms in total. The number of aromatic nitrogens is 1. The van der Waals surface area contributed by atoms with E-state index in [0.717, 1.165) is 16.2 Å². The second-order valence-electron chi connectivity index (χ2n) is 7.83. The summed E-state index contributed by atoms with van der Waals surface area (Å²) in [5, 5.41) is 1.53. The van der Waals surface area contributed by atoms with Gasteiger partial charge in [0.1, 0.15) is 7.14 Å². The van der Waals surface area contributed by atoms with Crippen LogP contribution in [0.25, 0.3) is 0 Å². The van der Waals surface area contributed by atoms with Gasteiger partial charge in [0.25, 0.3) is 0 Å². The van der Waals surface area contributed by atoms with E-state index >= 15 is 0 Å². The molecule has 168 valence electrons. The zero-order valence-corrected chi connectivity index (χ0v) is 20.0. The van der Waals surface area contributed by atoms with Gasteiger partial charge in [-0.05, 0) is 31.2 Å². The molecule has 0 saturated heterocycles. The third kappa shape index (κ3) is 5.48. The first-order valence-electron chi connectivity index (χ1n) is 10.6. The van der Waals surface area contributed by atoms with Crippen molar-refractivity contribution in [3.05, 3.63) is 120 Å². The van der Waals surface area contributed by atoms with Crippen LogP contribution in [0.2, 0.25) is 0 Å². The molecule has 33 heavy (non-hydrogen) atoms. The lowest BCUT2D eigenvalue weighted by Gasteiger charge is -2.19. The Morgan fingerprint density at radius 3 is 1.85 bits per heavy atom. The first kappa shape index (κ1) is 23.1. The average Bonchev–Trinajstić information content (AvgIpc) is 2.84. The van der Waals surface area contributed by atoms with Crippen LogP contribution in [0.15, 0.2) is 108 Å². The highest BCUT2D eigenvalue weighted by Crippen LogP contribution is 2.46. The molecule has 1 heterocycles. The number of nitrogens with one attached hydrogen (secondary N) is 1. The normalized spacial score (nSPS) is 11.9. The van der Waals surface area contributed by atoms with Gasteiger partial charge >= 0.3 is 0 Å². The first-order valence-corrected chi connectivity index (χ1v) is 14.0. The molecule has 4 aromatic rings. The number of hydrogen-bond acceptors (Lipinski definition) is 4. The number of hydrogen-bond donors (Lipinski definition) is 1. The predicted octanol–water partition coefficient (Wildman–Crippen LogP) is 4.38. The van der Waals surface area contributed by atoms with Crippen molar-refractivity contribution in [2.24, 2.45) is 0 Å². The van der Waals surface area contributed by atoms with Gasteiger partial charge in [-0.2, -0.15) is 0 Å². The molecule has 4 rings (SSSR count). The topological polar surface area (TPSA) is 76.1 Å². The number of aryl methyl sites for hydroxylation is 1. The van der Waals surface area contributed by atoms with Gasteiger partial charge in [0.05, 0.1) is 23.3 Å². The summed E-state index contributed by atoms with van der Waals surface area (Å²) in [5.74, 6) is 0. The smallest absolute Gasteiger partial charge is 0.240 e. The summed E-state index contributed by atoms with van der Waals surface area (Å²) in [6.45, 7) is 1.95. The second-order valence-corrected chi connectivity index (χ2v) is 12.4. The van der Waals surface area contributed by atoms with Crippen LogP contribution in [-0.2, 0) is 27.3 Å². The lowest BCUT2D eigenvalue weighted by atomic mass is 10.2. The minimum atomic E-state index is -3.65. The van der Waals surface area contributed by atoms with Crippen molar-refractivity contribution < 1.29 is 13.0 Å². The van der Waals surface area contributed by atoms with Crippen LogP contribution < -0.4 is 15.3 Å². The van der Waals surface area contributed by atoms with Crippen LogP contribution in [0.3, 0.4) is 0 Å². The van der Waals surface area contributed by atoms with Crippen molar-refractivity contribution >= 4 is 27.8 Å². The molecule has 1 N–H and O–H groups in total. The minimum Gasteiger partial charge on any atom is -0.313 e. The first-order chi connectivity index (χ1) is 15.9. The monoisotopic (exact) mass is 476 g/mol. The molecule has 0 unspecified atom stereocenters. The van der Waals surface area contributed by atoms with Crippen molar-refractivity contribution in [2.45, 2.75) is 24.5 Å². The van der Waals surface area contributed by atoms with E-state index in [0.29, 0.717) is 11.4 Å². The van der Waals surface area contributed by atoms with Crippen LogP contribution in [0.4, 0.5) is 0 Å². The second kappa shape index (κ2) is 9.84. The standard InChI is InChI=1S/C26H25N2O3PS/c1-21-15-17-26(18-16-21)33(30,31)27-19-22-9-8-10-23(28-22)20-32(29,24-11-4-2-5-12-24)25-13-6-3-7-14-25/h2-18,27H,19-20H2,1H3. The van der Waals surface area contributed by atoms with Crippen molar-refractivity contribution in [1.29, 1.82) is 0 Å². The maximum atomic E-state index is 14.3. The van der Waals surface area contributed by atoms with Gasteiger partial charge in [0, 0.05) is 16.3 Å². The summed E-state index contributed by atoms with van der Waals surface area (Å²) in [6, 6.07) is 31.0. The fourth-order valence-corrected chi connectivity index (χ4v) is 7.18. The zero-order valence-electron chi connectivity index (χ0n) is 18.3. The summed E-state index contributed by atoms with van der Waals surface area (Å²) < 4.78 is 42.1. The SMILES string of the molecule is Cc1ccc(S(=O)(=O)NCc2cccc(CP(=O)(c3ccccc3)c3ccccc3)n2)cc1. The summed E-state index contributed by atoms with van der Waals surface area (Å²) in [5.41, 5.74) is 2.21. The molecular weight excluding hydrogens is 451 g/mol. The summed E-state index contributed by atoms with van der Waals surface area (Å²) in [6.07, 6.45) is 0.250. The fourth-order valence-electron chi connectivity index (χ4n) is 3.58. The zero-order chi connectivity index (χ0) is 23.3. The van der Waals surface area contributed by atoms with E-state index in [-0.39, 0.29) is 17.6 Å². The molecule has 1 aromatic heterocycles. The Labute approximate surface area is 195 Å². The number of benzene rings is 3. The van der Waals surface area contributed by atoms with Crippen LogP contribution in [0, 0.1) is 6.92 Å². The van der Waals surface area contributed by atoms with Crippen molar-refractivity contribution in [1.82, 2.24) is 9.71 Å². The van der Waals surface area contributed by atoms with Gasteiger partial charge in [0.15, 0.2) is 0 Å². The van der Waals surface area contributed by atoms with E-state index in [2.05, 4.69) is 9.71 Å². The lowest BCUT2D eigenvalue weighted by molar-refractivity contribution is 0.579. The molecule has 0 aliphatic carbocycles. The lowest BCUT2D eigenvalue weighted by Crippen LogP contribution is -2.24. The molecule has 7 heteroatoms. The largest absolute Gasteiger partial charge is 0.313 e. The third-order valence-electron chi connectivity index (χ3n) is 5.37. The van der Waals surface area contributed by atoms with Gasteiger partial charge in [-0.3, -0.25) is 4.98 Å². The Balaban J connectivity index is 1.58. The van der Waals surface area contributed by atoms with E-state index in [4.69, 9.17) is 0 Å². The molecule has 0 aliphatic heterocycles. The van der Waals surface area contributed by atoms with E-state index in [1.54, 1.807) is 30.3 Å². The molecule has 0 aliphatic rings. The van der Waals surface area contributed by atoms with E-state index in [1.807, 2.05) is 79.7 Å². The quantitative estimate of drug-likeness (QED) is 0.383. The van der Waals surface area contributed by atoms with Crippen LogP contribution in [-0.4, -0.2) is 13.4 Å². The highest BCUT2D eigenvalue weighted by Gasteiger charge is 2.28. The number of rotatable bonds is 8. The molecule has 0 spiro atoms. The number of pyridine rings is 1. The van der Waals surface area contributed by atoms with Gasteiger partial charge in [-0.25, -0.2) is 13.1 Å². The van der Waals surface area contributed by atoms with Crippen molar-refractivity contribution in [2.75, 3.05) is 0 Å². The molecule has 0 amide bonds. The Kier molecular flexibility index (Phi) is 6.89. The van der Waals surface area contributed by atoms with Gasteiger partial charge in [0.2, 0.25) is 10.0 Å². The van der Waals surface area contributed by atoms with Gasteiger partial charge in [-0.15, -0.1) is 0 Å². The maximum Gasteiger partial charge on any atom is 0.240 e. The summed E-state index contributed by atoms with van der Waals surface area (Å²) in [7, 11) is -6.62. The average molecular weight is 477 g/mol. The highest BCUT2D eigenvalue weighted by atomic mass is 32.2. The molecule has 0 bridgehead atoms. The Bertz CT molecular complexity index is 1330. The molecular formula is C26H25N2O3PS. The van der Waals surface area contributed by atoms with Crippen LogP contribution in [0.5, 0.6) is 0 Å². The van der Waals surface area contributed by atoms with Crippen LogP contribution in [0.1, 0.15) is 17.0 Å². The summed E-state index contributed by atoms with van der Waals surface area (Å²) in [4.78, 5) is 4.83. The highest BCUT2D eigenvalue weighted by molar-refractivity contribution is 7.89. The van der Waals surface area contributed by atoms with E-state index in [9.17, 15) is 13.0 Å².